The van der Waals surface area contributed by atoms with E-state index in [1.54, 1.807) is 28.9 Å². The topological polar surface area (TPSA) is 83.0 Å². The fourth-order valence-electron chi connectivity index (χ4n) is 1.91. The first-order chi connectivity index (χ1) is 10.7. The lowest BCUT2D eigenvalue weighted by Gasteiger charge is -1.99. The summed E-state index contributed by atoms with van der Waals surface area (Å²) in [6, 6.07) is 8.45. The molecule has 0 bridgehead atoms. The second-order valence-corrected chi connectivity index (χ2v) is 4.43. The number of esters is 2. The molecule has 0 saturated heterocycles. The van der Waals surface area contributed by atoms with Crippen LogP contribution in [-0.2, 0) is 16.1 Å². The van der Waals surface area contributed by atoms with Crippen molar-refractivity contribution in [2.24, 2.45) is 0 Å². The summed E-state index contributed by atoms with van der Waals surface area (Å²) in [5.41, 5.74) is 0.853. The van der Waals surface area contributed by atoms with Crippen LogP contribution < -0.4 is 0 Å². The first-order valence-corrected chi connectivity index (χ1v) is 6.45. The van der Waals surface area contributed by atoms with Gasteiger partial charge in [-0.05, 0) is 24.3 Å². The number of hydrogen-bond donors (Lipinski definition) is 0. The molecule has 7 heteroatoms. The predicted octanol–water partition coefficient (Wildman–Crippen LogP) is 2.07. The maximum Gasteiger partial charge on any atom is 0.373 e. The Labute approximate surface area is 125 Å². The number of fused-ring (bicyclic) bond motifs is 1. The van der Waals surface area contributed by atoms with E-state index in [-0.39, 0.29) is 18.1 Å². The summed E-state index contributed by atoms with van der Waals surface area (Å²) in [5, 5.41) is 0. The molecule has 0 saturated carbocycles. The molecule has 3 rings (SSSR count). The van der Waals surface area contributed by atoms with E-state index < -0.39 is 11.9 Å². The van der Waals surface area contributed by atoms with Crippen LogP contribution in [0.25, 0.3) is 5.65 Å². The normalized spacial score (nSPS) is 10.6. The van der Waals surface area contributed by atoms with Gasteiger partial charge in [-0.1, -0.05) is 6.07 Å². The highest BCUT2D eigenvalue weighted by molar-refractivity contribution is 5.88. The average molecular weight is 300 g/mol. The summed E-state index contributed by atoms with van der Waals surface area (Å²) >= 11 is 0. The predicted molar refractivity (Wildman–Crippen MR) is 74.4 cm³/mol. The zero-order chi connectivity index (χ0) is 15.5. The molecular weight excluding hydrogens is 288 g/mol. The number of pyridine rings is 1. The van der Waals surface area contributed by atoms with Gasteiger partial charge in [0, 0.05) is 12.4 Å². The lowest BCUT2D eigenvalue weighted by Crippen LogP contribution is -2.05. The molecule has 0 fully saturated rings. The molecule has 0 N–H and O–H groups in total. The van der Waals surface area contributed by atoms with Crippen LogP contribution in [0, 0.1) is 0 Å². The molecule has 0 spiro atoms. The van der Waals surface area contributed by atoms with Gasteiger partial charge in [-0.3, -0.25) is 0 Å². The largest absolute Gasteiger partial charge is 0.463 e. The maximum absolute atomic E-state index is 12.0. The number of nitrogens with zero attached hydrogens (tertiary/aromatic N) is 2. The molecule has 3 aromatic heterocycles. The van der Waals surface area contributed by atoms with Crippen molar-refractivity contribution >= 4 is 17.6 Å². The van der Waals surface area contributed by atoms with E-state index in [1.807, 2.05) is 12.1 Å². The number of imidazole rings is 1. The Hall–Kier alpha value is -3.09. The minimum atomic E-state index is -0.585. The van der Waals surface area contributed by atoms with E-state index in [0.717, 1.165) is 0 Å². The van der Waals surface area contributed by atoms with Crippen LogP contribution in [0.4, 0.5) is 0 Å². The number of methoxy groups -OCH3 is 1. The zero-order valence-corrected chi connectivity index (χ0v) is 11.7. The van der Waals surface area contributed by atoms with Gasteiger partial charge in [0.05, 0.1) is 7.11 Å². The molecule has 0 unspecified atom stereocenters. The van der Waals surface area contributed by atoms with Gasteiger partial charge >= 0.3 is 11.9 Å². The summed E-state index contributed by atoms with van der Waals surface area (Å²) in [4.78, 5) is 27.4. The Morgan fingerprint density at radius 3 is 2.86 bits per heavy atom. The van der Waals surface area contributed by atoms with Crippen LogP contribution in [0.1, 0.15) is 26.8 Å². The van der Waals surface area contributed by atoms with Crippen molar-refractivity contribution in [1.29, 1.82) is 0 Å². The Morgan fingerprint density at radius 1 is 1.23 bits per heavy atom. The number of carbonyl (C=O) groups excluding carboxylic acids is 2. The van der Waals surface area contributed by atoms with Crippen molar-refractivity contribution in [3.8, 4) is 0 Å². The number of aromatic nitrogens is 2. The van der Waals surface area contributed by atoms with Gasteiger partial charge in [0.15, 0.2) is 5.69 Å². The van der Waals surface area contributed by atoms with Crippen LogP contribution in [-0.4, -0.2) is 28.4 Å². The van der Waals surface area contributed by atoms with Crippen LogP contribution >= 0.6 is 0 Å². The van der Waals surface area contributed by atoms with Gasteiger partial charge in [0.1, 0.15) is 18.0 Å². The fraction of sp³-hybridized carbons (Fsp3) is 0.133. The molecular formula is C15H12N2O5. The highest BCUT2D eigenvalue weighted by Gasteiger charge is 2.15. The van der Waals surface area contributed by atoms with Gasteiger partial charge < -0.3 is 18.3 Å². The summed E-state index contributed by atoms with van der Waals surface area (Å²) < 4.78 is 16.6. The number of furan rings is 1. The lowest BCUT2D eigenvalue weighted by atomic mass is 10.4. The summed E-state index contributed by atoms with van der Waals surface area (Å²) in [6.07, 6.45) is 3.37. The minimum Gasteiger partial charge on any atom is -0.463 e. The maximum atomic E-state index is 12.0. The van der Waals surface area contributed by atoms with Gasteiger partial charge in [0.25, 0.3) is 0 Å². The lowest BCUT2D eigenvalue weighted by molar-refractivity contribution is 0.0432. The minimum absolute atomic E-state index is 0.0567. The molecule has 3 heterocycles. The van der Waals surface area contributed by atoms with Crippen molar-refractivity contribution in [2.75, 3.05) is 7.11 Å². The number of carbonyl (C=O) groups is 2. The number of rotatable bonds is 4. The van der Waals surface area contributed by atoms with Crippen molar-refractivity contribution in [3.63, 3.8) is 0 Å². The van der Waals surface area contributed by atoms with E-state index in [0.29, 0.717) is 11.4 Å². The van der Waals surface area contributed by atoms with E-state index in [4.69, 9.17) is 9.15 Å². The van der Waals surface area contributed by atoms with E-state index in [9.17, 15) is 9.59 Å². The Kier molecular flexibility index (Phi) is 3.61. The Morgan fingerprint density at radius 2 is 2.09 bits per heavy atom. The SMILES string of the molecule is COC(=O)c1ccc(COC(=O)c2cn3ccccc3n2)o1. The van der Waals surface area contributed by atoms with Crippen LogP contribution in [0.3, 0.4) is 0 Å². The van der Waals surface area contributed by atoms with Crippen molar-refractivity contribution in [3.05, 3.63) is 59.9 Å². The summed E-state index contributed by atoms with van der Waals surface area (Å²) in [6.45, 7) is -0.0936. The van der Waals surface area contributed by atoms with Gasteiger partial charge in [-0.25, -0.2) is 14.6 Å². The van der Waals surface area contributed by atoms with Crippen LogP contribution in [0.15, 0.2) is 47.1 Å². The second-order valence-electron chi connectivity index (χ2n) is 4.43. The summed E-state index contributed by atoms with van der Waals surface area (Å²) in [5.74, 6) is -0.753. The van der Waals surface area contributed by atoms with Gasteiger partial charge in [-0.2, -0.15) is 0 Å². The van der Waals surface area contributed by atoms with E-state index >= 15 is 0 Å². The third kappa shape index (κ3) is 2.69. The van der Waals surface area contributed by atoms with Gasteiger partial charge in [-0.15, -0.1) is 0 Å². The first kappa shape index (κ1) is 13.9. The second kappa shape index (κ2) is 5.72. The molecule has 0 aliphatic rings. The van der Waals surface area contributed by atoms with E-state index in [2.05, 4.69) is 9.72 Å². The molecule has 0 aliphatic heterocycles. The molecule has 112 valence electrons. The van der Waals surface area contributed by atoms with Crippen molar-refractivity contribution < 1.29 is 23.5 Å². The van der Waals surface area contributed by atoms with Crippen molar-refractivity contribution in [1.82, 2.24) is 9.38 Å². The number of hydrogen-bond acceptors (Lipinski definition) is 6. The monoisotopic (exact) mass is 300 g/mol. The Balaban J connectivity index is 1.67. The molecule has 3 aromatic rings. The average Bonchev–Trinajstić information content (AvgIpc) is 3.18. The smallest absolute Gasteiger partial charge is 0.373 e. The van der Waals surface area contributed by atoms with E-state index in [1.165, 1.54) is 13.2 Å². The molecule has 0 amide bonds. The van der Waals surface area contributed by atoms with Crippen LogP contribution in [0.5, 0.6) is 0 Å². The third-order valence-electron chi connectivity index (χ3n) is 2.97. The zero-order valence-electron chi connectivity index (χ0n) is 11.7. The quantitative estimate of drug-likeness (QED) is 0.686. The molecule has 0 atom stereocenters. The highest BCUT2D eigenvalue weighted by Crippen LogP contribution is 2.12. The standard InChI is InChI=1S/C15H12N2O5/c1-20-15(19)12-6-5-10(22-12)9-21-14(18)11-8-17-7-3-2-4-13(17)16-11/h2-8H,9H2,1H3. The first-order valence-electron chi connectivity index (χ1n) is 6.45. The van der Waals surface area contributed by atoms with Crippen LogP contribution in [0.2, 0.25) is 0 Å². The Bertz CT molecular complexity index is 800. The molecule has 0 radical (unpaired) electrons. The van der Waals surface area contributed by atoms with Gasteiger partial charge in [0.2, 0.25) is 5.76 Å². The van der Waals surface area contributed by atoms with Crippen molar-refractivity contribution in [2.45, 2.75) is 6.61 Å². The fourth-order valence-corrected chi connectivity index (χ4v) is 1.91. The number of ether oxygens (including phenoxy) is 2. The molecule has 0 aromatic carbocycles. The highest BCUT2D eigenvalue weighted by atomic mass is 16.6. The summed E-state index contributed by atoms with van der Waals surface area (Å²) in [7, 11) is 1.26. The molecule has 0 aliphatic carbocycles. The third-order valence-corrected chi connectivity index (χ3v) is 2.97. The molecule has 7 nitrogen and oxygen atoms in total. The molecule has 22 heavy (non-hydrogen) atoms.